The molecule has 0 unspecified atom stereocenters. The molecule has 0 spiro atoms. The molecule has 1 aromatic carbocycles. The van der Waals surface area contributed by atoms with Gasteiger partial charge < -0.3 is 14.5 Å². The highest BCUT2D eigenvalue weighted by atomic mass is 16.5. The average Bonchev–Trinajstić information content (AvgIpc) is 3.49. The van der Waals surface area contributed by atoms with Crippen molar-refractivity contribution in [2.45, 2.75) is 45.2 Å². The van der Waals surface area contributed by atoms with Crippen LogP contribution in [0.3, 0.4) is 0 Å². The van der Waals surface area contributed by atoms with Gasteiger partial charge in [-0.2, -0.15) is 10.4 Å². The molecule has 8 nitrogen and oxygen atoms in total. The van der Waals surface area contributed by atoms with Gasteiger partial charge in [0.05, 0.1) is 17.3 Å². The van der Waals surface area contributed by atoms with Gasteiger partial charge in [-0.25, -0.2) is 9.67 Å². The highest BCUT2D eigenvalue weighted by Gasteiger charge is 2.28. The summed E-state index contributed by atoms with van der Waals surface area (Å²) in [6.07, 6.45) is 6.23. The van der Waals surface area contributed by atoms with Gasteiger partial charge in [0.2, 0.25) is 5.88 Å². The SMILES string of the molecule is Cc1c(CN2CCN[C@@H](C)C2)cc(-c2ccc(C#N)cc2Oc2cc(C3CC3)nn2C)c2nccn12. The van der Waals surface area contributed by atoms with Crippen LogP contribution >= 0.6 is 0 Å². The molecule has 3 aromatic heterocycles. The van der Waals surface area contributed by atoms with E-state index in [2.05, 4.69) is 45.7 Å². The summed E-state index contributed by atoms with van der Waals surface area (Å²) >= 11 is 0. The highest BCUT2D eigenvalue weighted by Crippen LogP contribution is 2.42. The molecule has 0 amide bonds. The Labute approximate surface area is 211 Å². The van der Waals surface area contributed by atoms with Gasteiger partial charge in [-0.1, -0.05) is 0 Å². The van der Waals surface area contributed by atoms with Gasteiger partial charge in [-0.3, -0.25) is 4.90 Å². The molecule has 2 aliphatic rings. The lowest BCUT2D eigenvalue weighted by Gasteiger charge is -2.32. The Kier molecular flexibility index (Phi) is 5.75. The van der Waals surface area contributed by atoms with Crippen LogP contribution in [-0.2, 0) is 13.6 Å². The number of nitriles is 1. The van der Waals surface area contributed by atoms with Crippen molar-refractivity contribution in [3.05, 3.63) is 65.2 Å². The number of hydrogen-bond donors (Lipinski definition) is 1. The van der Waals surface area contributed by atoms with E-state index < -0.39 is 0 Å². The Balaban J connectivity index is 1.44. The number of aryl methyl sites for hydroxylation is 2. The average molecular weight is 482 g/mol. The zero-order valence-electron chi connectivity index (χ0n) is 21.0. The molecule has 0 radical (unpaired) electrons. The molecule has 1 saturated carbocycles. The molecule has 1 N–H and O–H groups in total. The fraction of sp³-hybridized carbons (Fsp3) is 0.393. The van der Waals surface area contributed by atoms with Crippen molar-refractivity contribution in [3.63, 3.8) is 0 Å². The quantitative estimate of drug-likeness (QED) is 0.440. The summed E-state index contributed by atoms with van der Waals surface area (Å²) in [5, 5.41) is 17.8. The van der Waals surface area contributed by atoms with E-state index in [1.165, 1.54) is 24.1 Å². The summed E-state index contributed by atoms with van der Waals surface area (Å²) in [5.41, 5.74) is 6.86. The molecule has 36 heavy (non-hydrogen) atoms. The fourth-order valence-corrected chi connectivity index (χ4v) is 5.18. The highest BCUT2D eigenvalue weighted by molar-refractivity contribution is 5.83. The third-order valence-electron chi connectivity index (χ3n) is 7.34. The van der Waals surface area contributed by atoms with Gasteiger partial charge in [-0.15, -0.1) is 0 Å². The standard InChI is InChI=1S/C28H31N7O/c1-18-16-34(10-8-30-18)17-22-13-24(28-31-9-11-35(28)19(22)2)23-7-4-20(15-29)12-26(23)36-27-14-25(21-5-6-21)32-33(27)3/h4,7,9,11-14,18,21,30H,5-6,8,10,16-17H2,1-3H3/t18-/m0/s1. The van der Waals surface area contributed by atoms with Crippen molar-refractivity contribution in [3.8, 4) is 28.8 Å². The maximum absolute atomic E-state index is 9.60. The zero-order chi connectivity index (χ0) is 24.8. The monoisotopic (exact) mass is 481 g/mol. The first-order valence-corrected chi connectivity index (χ1v) is 12.7. The number of rotatable bonds is 6. The molecule has 4 aromatic rings. The van der Waals surface area contributed by atoms with Gasteiger partial charge in [0.1, 0.15) is 11.4 Å². The first kappa shape index (κ1) is 22.8. The molecular weight excluding hydrogens is 450 g/mol. The number of pyridine rings is 1. The molecule has 0 bridgehead atoms. The number of nitrogens with zero attached hydrogens (tertiary/aromatic N) is 6. The number of ether oxygens (including phenoxy) is 1. The van der Waals surface area contributed by atoms with Gasteiger partial charge in [0.15, 0.2) is 0 Å². The van der Waals surface area contributed by atoms with Gasteiger partial charge in [0.25, 0.3) is 0 Å². The maximum Gasteiger partial charge on any atom is 0.217 e. The number of imidazole rings is 1. The summed E-state index contributed by atoms with van der Waals surface area (Å²) < 4.78 is 10.4. The van der Waals surface area contributed by atoms with Crippen molar-refractivity contribution in [2.75, 3.05) is 19.6 Å². The van der Waals surface area contributed by atoms with Crippen LogP contribution < -0.4 is 10.1 Å². The Morgan fingerprint density at radius 3 is 2.83 bits per heavy atom. The number of piperazine rings is 1. The van der Waals surface area contributed by atoms with Crippen LogP contribution in [0.25, 0.3) is 16.8 Å². The van der Waals surface area contributed by atoms with E-state index in [0.717, 1.165) is 48.6 Å². The van der Waals surface area contributed by atoms with E-state index in [9.17, 15) is 5.26 Å². The van der Waals surface area contributed by atoms with Crippen LogP contribution in [0, 0.1) is 18.3 Å². The fourth-order valence-electron chi connectivity index (χ4n) is 5.18. The molecule has 4 heterocycles. The summed E-state index contributed by atoms with van der Waals surface area (Å²) in [4.78, 5) is 7.20. The first-order chi connectivity index (χ1) is 17.5. The lowest BCUT2D eigenvalue weighted by Crippen LogP contribution is -2.48. The lowest BCUT2D eigenvalue weighted by molar-refractivity contribution is 0.199. The Morgan fingerprint density at radius 2 is 2.06 bits per heavy atom. The lowest BCUT2D eigenvalue weighted by atomic mass is 10.00. The zero-order valence-corrected chi connectivity index (χ0v) is 21.0. The Bertz CT molecular complexity index is 1470. The van der Waals surface area contributed by atoms with Crippen molar-refractivity contribution in [1.82, 2.24) is 29.4 Å². The largest absolute Gasteiger partial charge is 0.439 e. The minimum Gasteiger partial charge on any atom is -0.439 e. The summed E-state index contributed by atoms with van der Waals surface area (Å²) in [6, 6.07) is 12.6. The second-order valence-electron chi connectivity index (χ2n) is 10.1. The second-order valence-corrected chi connectivity index (χ2v) is 10.1. The minimum atomic E-state index is 0.480. The van der Waals surface area contributed by atoms with Crippen LogP contribution in [0.4, 0.5) is 0 Å². The third kappa shape index (κ3) is 4.25. The van der Waals surface area contributed by atoms with Gasteiger partial charge in [0, 0.05) is 80.5 Å². The molecule has 6 rings (SSSR count). The molecule has 8 heteroatoms. The predicted molar refractivity (Wildman–Crippen MR) is 138 cm³/mol. The molecule has 2 fully saturated rings. The van der Waals surface area contributed by atoms with Gasteiger partial charge >= 0.3 is 0 Å². The van der Waals surface area contributed by atoms with Crippen LogP contribution in [-0.4, -0.2) is 49.7 Å². The van der Waals surface area contributed by atoms with Crippen LogP contribution in [0.2, 0.25) is 0 Å². The van der Waals surface area contributed by atoms with E-state index in [4.69, 9.17) is 9.72 Å². The number of nitrogens with one attached hydrogen (secondary N) is 1. The van der Waals surface area contributed by atoms with E-state index >= 15 is 0 Å². The van der Waals surface area contributed by atoms with E-state index in [-0.39, 0.29) is 0 Å². The second kappa shape index (κ2) is 9.08. The van der Waals surface area contributed by atoms with Crippen LogP contribution in [0.1, 0.15) is 48.2 Å². The maximum atomic E-state index is 9.60. The number of fused-ring (bicyclic) bond motifs is 1. The molecule has 1 aliphatic heterocycles. The van der Waals surface area contributed by atoms with Crippen LogP contribution in [0.5, 0.6) is 11.6 Å². The van der Waals surface area contributed by atoms with Crippen LogP contribution in [0.15, 0.2) is 42.7 Å². The number of benzene rings is 1. The smallest absolute Gasteiger partial charge is 0.217 e. The van der Waals surface area contributed by atoms with Gasteiger partial charge in [-0.05, 0) is 56.5 Å². The van der Waals surface area contributed by atoms with E-state index in [1.807, 2.05) is 43.7 Å². The molecule has 1 aliphatic carbocycles. The van der Waals surface area contributed by atoms with Crippen molar-refractivity contribution < 1.29 is 4.74 Å². The van der Waals surface area contributed by atoms with E-state index in [1.54, 1.807) is 4.68 Å². The third-order valence-corrected chi connectivity index (χ3v) is 7.34. The molecular formula is C28H31N7O. The Hall–Kier alpha value is -3.67. The molecule has 1 saturated heterocycles. The summed E-state index contributed by atoms with van der Waals surface area (Å²) in [7, 11) is 1.90. The first-order valence-electron chi connectivity index (χ1n) is 12.7. The molecule has 1 atom stereocenters. The molecule has 184 valence electrons. The normalized spacial score (nSPS) is 18.4. The summed E-state index contributed by atoms with van der Waals surface area (Å²) in [5.74, 6) is 1.85. The minimum absolute atomic E-state index is 0.480. The summed E-state index contributed by atoms with van der Waals surface area (Å²) in [6.45, 7) is 8.31. The van der Waals surface area contributed by atoms with Crippen molar-refractivity contribution >= 4 is 5.65 Å². The predicted octanol–water partition coefficient (Wildman–Crippen LogP) is 4.38. The topological polar surface area (TPSA) is 83.4 Å². The van der Waals surface area contributed by atoms with Crippen molar-refractivity contribution in [2.24, 2.45) is 7.05 Å². The number of aromatic nitrogens is 4. The van der Waals surface area contributed by atoms with Crippen molar-refractivity contribution in [1.29, 1.82) is 5.26 Å². The van der Waals surface area contributed by atoms with E-state index in [0.29, 0.717) is 29.2 Å². The number of hydrogen-bond acceptors (Lipinski definition) is 6. The Morgan fingerprint density at radius 1 is 1.19 bits per heavy atom.